The van der Waals surface area contributed by atoms with Crippen LogP contribution in [-0.2, 0) is 5.41 Å². The first-order valence-electron chi connectivity index (χ1n) is 17.6. The standard InChI is InChI=1S/C49H34N2/c1-4-17-35(18-5-1)49(44-27-13-10-23-40(44)41-24-11-14-28-45(41)49)36-31-33-39(34-32-36)50(37-19-6-2-7-20-37)47-30-16-26-43-42-25-12-15-29-46(42)51(48(43)47)38-21-8-3-9-22-38/h1-34H. The smallest absolute Gasteiger partial charge is 0.0782 e. The molecule has 0 fully saturated rings. The van der Waals surface area contributed by atoms with Crippen LogP contribution in [0.25, 0.3) is 38.6 Å². The van der Waals surface area contributed by atoms with Gasteiger partial charge in [0.25, 0.3) is 0 Å². The van der Waals surface area contributed by atoms with Crippen LogP contribution in [-0.4, -0.2) is 4.57 Å². The van der Waals surface area contributed by atoms with Gasteiger partial charge >= 0.3 is 0 Å². The van der Waals surface area contributed by atoms with Gasteiger partial charge in [-0.2, -0.15) is 0 Å². The largest absolute Gasteiger partial charge is 0.308 e. The molecule has 0 saturated heterocycles. The van der Waals surface area contributed by atoms with Crippen LogP contribution < -0.4 is 4.90 Å². The topological polar surface area (TPSA) is 8.17 Å². The summed E-state index contributed by atoms with van der Waals surface area (Å²) in [5.74, 6) is 0. The van der Waals surface area contributed by atoms with Crippen LogP contribution in [0, 0.1) is 0 Å². The van der Waals surface area contributed by atoms with Crippen molar-refractivity contribution < 1.29 is 0 Å². The Bertz CT molecular complexity index is 2630. The fourth-order valence-electron chi connectivity index (χ4n) is 8.60. The minimum Gasteiger partial charge on any atom is -0.308 e. The Morgan fingerprint density at radius 3 is 1.57 bits per heavy atom. The molecule has 8 aromatic carbocycles. The fourth-order valence-corrected chi connectivity index (χ4v) is 8.60. The predicted molar refractivity (Wildman–Crippen MR) is 213 cm³/mol. The van der Waals surface area contributed by atoms with Gasteiger partial charge in [-0.1, -0.05) is 158 Å². The van der Waals surface area contributed by atoms with Crippen LogP contribution in [0.15, 0.2) is 206 Å². The van der Waals surface area contributed by atoms with Gasteiger partial charge in [-0.05, 0) is 81.9 Å². The van der Waals surface area contributed by atoms with E-state index in [1.165, 1.54) is 55.2 Å². The first kappa shape index (κ1) is 29.3. The number of hydrogen-bond donors (Lipinski definition) is 0. The molecule has 10 rings (SSSR count). The Morgan fingerprint density at radius 2 is 0.882 bits per heavy atom. The number of para-hydroxylation sites is 4. The SMILES string of the molecule is c1ccc(N(c2ccc(C3(c4ccccc4)c4ccccc4-c4ccccc43)cc2)c2cccc3c4ccccc4n(-c4ccccc4)c23)cc1. The summed E-state index contributed by atoms with van der Waals surface area (Å²) >= 11 is 0. The van der Waals surface area contributed by atoms with Gasteiger partial charge in [-0.15, -0.1) is 0 Å². The molecule has 0 N–H and O–H groups in total. The summed E-state index contributed by atoms with van der Waals surface area (Å²) in [4.78, 5) is 2.41. The Balaban J connectivity index is 1.22. The van der Waals surface area contributed by atoms with E-state index in [1.54, 1.807) is 0 Å². The highest BCUT2D eigenvalue weighted by molar-refractivity contribution is 6.14. The summed E-state index contributed by atoms with van der Waals surface area (Å²) in [6, 6.07) is 75.1. The predicted octanol–water partition coefficient (Wildman–Crippen LogP) is 12.6. The number of rotatable bonds is 6. The number of aromatic nitrogens is 1. The third-order valence-corrected chi connectivity index (χ3v) is 10.7. The van der Waals surface area contributed by atoms with E-state index in [9.17, 15) is 0 Å². The van der Waals surface area contributed by atoms with Crippen molar-refractivity contribution >= 4 is 38.9 Å². The number of nitrogens with zero attached hydrogens (tertiary/aromatic N) is 2. The monoisotopic (exact) mass is 650 g/mol. The molecule has 9 aromatic rings. The van der Waals surface area contributed by atoms with E-state index in [0.717, 1.165) is 22.7 Å². The van der Waals surface area contributed by atoms with Crippen molar-refractivity contribution in [3.63, 3.8) is 0 Å². The van der Waals surface area contributed by atoms with Crippen LogP contribution in [0.5, 0.6) is 0 Å². The lowest BCUT2D eigenvalue weighted by Gasteiger charge is -2.34. The number of hydrogen-bond acceptors (Lipinski definition) is 1. The molecule has 1 aliphatic carbocycles. The van der Waals surface area contributed by atoms with Crippen molar-refractivity contribution in [2.45, 2.75) is 5.41 Å². The molecule has 1 aromatic heterocycles. The first-order chi connectivity index (χ1) is 25.3. The van der Waals surface area contributed by atoms with E-state index >= 15 is 0 Å². The highest BCUT2D eigenvalue weighted by atomic mass is 15.2. The van der Waals surface area contributed by atoms with Crippen molar-refractivity contribution in [3.05, 3.63) is 229 Å². The summed E-state index contributed by atoms with van der Waals surface area (Å²) in [5, 5.41) is 2.47. The lowest BCUT2D eigenvalue weighted by atomic mass is 9.68. The van der Waals surface area contributed by atoms with Crippen molar-refractivity contribution in [3.8, 4) is 16.8 Å². The Morgan fingerprint density at radius 1 is 0.373 bits per heavy atom. The number of fused-ring (bicyclic) bond motifs is 6. The zero-order valence-electron chi connectivity index (χ0n) is 28.0. The normalized spacial score (nSPS) is 12.9. The van der Waals surface area contributed by atoms with Crippen molar-refractivity contribution in [2.75, 3.05) is 4.90 Å². The van der Waals surface area contributed by atoms with E-state index in [2.05, 4.69) is 216 Å². The van der Waals surface area contributed by atoms with E-state index in [-0.39, 0.29) is 0 Å². The van der Waals surface area contributed by atoms with Crippen LogP contribution in [0.4, 0.5) is 17.1 Å². The molecule has 2 nitrogen and oxygen atoms in total. The fraction of sp³-hybridized carbons (Fsp3) is 0.0204. The molecule has 0 aliphatic heterocycles. The Labute approximate surface area is 298 Å². The van der Waals surface area contributed by atoms with Gasteiger partial charge in [0.2, 0.25) is 0 Å². The number of benzene rings is 8. The molecule has 2 heteroatoms. The van der Waals surface area contributed by atoms with E-state index < -0.39 is 5.41 Å². The van der Waals surface area contributed by atoms with Gasteiger partial charge in [0.1, 0.15) is 0 Å². The highest BCUT2D eigenvalue weighted by Gasteiger charge is 2.45. The summed E-state index contributed by atoms with van der Waals surface area (Å²) in [6.07, 6.45) is 0. The molecule has 0 radical (unpaired) electrons. The molecule has 1 aliphatic rings. The molecule has 0 spiro atoms. The maximum absolute atomic E-state index is 2.42. The Kier molecular flexibility index (Phi) is 6.75. The second-order valence-corrected chi connectivity index (χ2v) is 13.3. The minimum atomic E-state index is -0.440. The number of anilines is 3. The minimum absolute atomic E-state index is 0.440. The first-order valence-corrected chi connectivity index (χ1v) is 17.6. The summed E-state index contributed by atoms with van der Waals surface area (Å²) in [7, 11) is 0. The molecule has 240 valence electrons. The van der Waals surface area contributed by atoms with Gasteiger partial charge < -0.3 is 9.47 Å². The third-order valence-electron chi connectivity index (χ3n) is 10.7. The quantitative estimate of drug-likeness (QED) is 0.174. The van der Waals surface area contributed by atoms with Crippen molar-refractivity contribution in [1.29, 1.82) is 0 Å². The maximum Gasteiger partial charge on any atom is 0.0782 e. The summed E-state index contributed by atoms with van der Waals surface area (Å²) in [6.45, 7) is 0. The van der Waals surface area contributed by atoms with Crippen LogP contribution in [0.3, 0.4) is 0 Å². The zero-order chi connectivity index (χ0) is 33.8. The van der Waals surface area contributed by atoms with Gasteiger partial charge in [0.15, 0.2) is 0 Å². The maximum atomic E-state index is 2.42. The lowest BCUT2D eigenvalue weighted by molar-refractivity contribution is 0.768. The summed E-state index contributed by atoms with van der Waals surface area (Å²) < 4.78 is 2.42. The van der Waals surface area contributed by atoms with Crippen molar-refractivity contribution in [2.24, 2.45) is 0 Å². The molecular weight excluding hydrogens is 617 g/mol. The average molecular weight is 651 g/mol. The van der Waals surface area contributed by atoms with Crippen LogP contribution in [0.2, 0.25) is 0 Å². The molecule has 0 bridgehead atoms. The Hall–Kier alpha value is -6.64. The molecule has 0 atom stereocenters. The van der Waals surface area contributed by atoms with Crippen LogP contribution in [0.1, 0.15) is 22.3 Å². The second-order valence-electron chi connectivity index (χ2n) is 13.3. The molecule has 51 heavy (non-hydrogen) atoms. The zero-order valence-corrected chi connectivity index (χ0v) is 28.0. The average Bonchev–Trinajstić information content (AvgIpc) is 3.71. The summed E-state index contributed by atoms with van der Waals surface area (Å²) in [5.41, 5.74) is 14.2. The van der Waals surface area contributed by atoms with Crippen molar-refractivity contribution in [1.82, 2.24) is 4.57 Å². The van der Waals surface area contributed by atoms with Gasteiger partial charge in [-0.25, -0.2) is 0 Å². The lowest BCUT2D eigenvalue weighted by Crippen LogP contribution is -2.28. The van der Waals surface area contributed by atoms with E-state index in [0.29, 0.717) is 0 Å². The van der Waals surface area contributed by atoms with E-state index in [1.807, 2.05) is 0 Å². The third kappa shape index (κ3) is 4.36. The molecule has 0 unspecified atom stereocenters. The second kappa shape index (κ2) is 11.8. The van der Waals surface area contributed by atoms with Gasteiger partial charge in [0, 0.05) is 27.8 Å². The van der Waals surface area contributed by atoms with E-state index in [4.69, 9.17) is 0 Å². The molecule has 0 amide bonds. The van der Waals surface area contributed by atoms with Gasteiger partial charge in [0.05, 0.1) is 22.1 Å². The van der Waals surface area contributed by atoms with Crippen LogP contribution >= 0.6 is 0 Å². The molecule has 1 heterocycles. The molecule has 0 saturated carbocycles. The van der Waals surface area contributed by atoms with Gasteiger partial charge in [-0.3, -0.25) is 0 Å². The molecular formula is C49H34N2. The highest BCUT2D eigenvalue weighted by Crippen LogP contribution is 2.56.